The third kappa shape index (κ3) is 3.95. The van der Waals surface area contributed by atoms with E-state index in [9.17, 15) is 19.2 Å². The van der Waals surface area contributed by atoms with Gasteiger partial charge in [-0.05, 0) is 43.2 Å². The fourth-order valence-electron chi connectivity index (χ4n) is 3.60. The molecule has 0 spiro atoms. The van der Waals surface area contributed by atoms with E-state index in [1.54, 1.807) is 18.2 Å². The van der Waals surface area contributed by atoms with Crippen LogP contribution in [0.25, 0.3) is 0 Å². The molecular formula is C22H20N2O6. The van der Waals surface area contributed by atoms with Gasteiger partial charge in [0.05, 0.1) is 23.8 Å². The number of anilines is 1. The van der Waals surface area contributed by atoms with Crippen LogP contribution in [0.2, 0.25) is 0 Å². The van der Waals surface area contributed by atoms with E-state index in [2.05, 4.69) is 5.32 Å². The molecule has 154 valence electrons. The van der Waals surface area contributed by atoms with E-state index in [-0.39, 0.29) is 35.2 Å². The van der Waals surface area contributed by atoms with Gasteiger partial charge in [-0.25, -0.2) is 0 Å². The van der Waals surface area contributed by atoms with Crippen molar-refractivity contribution in [3.05, 3.63) is 59.2 Å². The second kappa shape index (κ2) is 8.08. The van der Waals surface area contributed by atoms with E-state index in [1.807, 2.05) is 0 Å². The normalized spacial score (nSPS) is 17.8. The van der Waals surface area contributed by atoms with E-state index in [1.165, 1.54) is 36.1 Å². The molecule has 3 amide bonds. The van der Waals surface area contributed by atoms with Gasteiger partial charge in [0.15, 0.2) is 0 Å². The van der Waals surface area contributed by atoms with Crippen LogP contribution in [-0.4, -0.2) is 47.8 Å². The number of fused-ring (bicyclic) bond motifs is 1. The predicted octanol–water partition coefficient (Wildman–Crippen LogP) is 2.64. The molecule has 1 N–H and O–H groups in total. The number of amides is 3. The van der Waals surface area contributed by atoms with Crippen molar-refractivity contribution in [3.8, 4) is 5.75 Å². The molecule has 2 aromatic rings. The topological polar surface area (TPSA) is 102 Å². The average molecular weight is 408 g/mol. The number of hydrogen-bond donors (Lipinski definition) is 1. The summed E-state index contributed by atoms with van der Waals surface area (Å²) in [6, 6.07) is 10.8. The highest BCUT2D eigenvalue weighted by molar-refractivity contribution is 6.22. The lowest BCUT2D eigenvalue weighted by molar-refractivity contribution is -0.131. The van der Waals surface area contributed by atoms with Crippen LogP contribution >= 0.6 is 0 Å². The van der Waals surface area contributed by atoms with Gasteiger partial charge >= 0.3 is 5.97 Å². The summed E-state index contributed by atoms with van der Waals surface area (Å²) < 4.78 is 10.5. The van der Waals surface area contributed by atoms with Crippen LogP contribution in [0.5, 0.6) is 5.75 Å². The monoisotopic (exact) mass is 408 g/mol. The minimum atomic E-state index is -0.465. The van der Waals surface area contributed by atoms with Crippen molar-refractivity contribution in [2.45, 2.75) is 25.9 Å². The van der Waals surface area contributed by atoms with Crippen molar-refractivity contribution in [1.82, 2.24) is 4.90 Å². The summed E-state index contributed by atoms with van der Waals surface area (Å²) in [6.45, 7) is 2.14. The second-order valence-electron chi connectivity index (χ2n) is 7.19. The minimum absolute atomic E-state index is 0.139. The lowest BCUT2D eigenvalue weighted by Gasteiger charge is -2.17. The maximum atomic E-state index is 12.7. The fraction of sp³-hybridized carbons (Fsp3) is 0.273. The van der Waals surface area contributed by atoms with Gasteiger partial charge in [0.1, 0.15) is 5.75 Å². The van der Waals surface area contributed by atoms with Crippen molar-refractivity contribution in [3.63, 3.8) is 0 Å². The molecule has 0 aliphatic carbocycles. The van der Waals surface area contributed by atoms with E-state index in [0.29, 0.717) is 18.0 Å². The lowest BCUT2D eigenvalue weighted by Crippen LogP contribution is -2.36. The Balaban J connectivity index is 1.50. The molecule has 1 atom stereocenters. The molecule has 1 fully saturated rings. The molecule has 0 bridgehead atoms. The highest BCUT2D eigenvalue weighted by Gasteiger charge is 2.37. The molecule has 0 saturated carbocycles. The van der Waals surface area contributed by atoms with Gasteiger partial charge in [-0.15, -0.1) is 0 Å². The first-order chi connectivity index (χ1) is 14.4. The third-order valence-electron chi connectivity index (χ3n) is 5.00. The number of esters is 1. The van der Waals surface area contributed by atoms with Crippen LogP contribution in [0.4, 0.5) is 5.69 Å². The van der Waals surface area contributed by atoms with Gasteiger partial charge in [-0.3, -0.25) is 24.1 Å². The van der Waals surface area contributed by atoms with Gasteiger partial charge in [0.2, 0.25) is 0 Å². The molecule has 2 aliphatic heterocycles. The van der Waals surface area contributed by atoms with E-state index >= 15 is 0 Å². The molecule has 2 aliphatic rings. The van der Waals surface area contributed by atoms with Crippen molar-refractivity contribution in [1.29, 1.82) is 0 Å². The molecule has 30 heavy (non-hydrogen) atoms. The van der Waals surface area contributed by atoms with Crippen LogP contribution in [0.1, 0.15) is 50.8 Å². The number of ether oxygens (including phenoxy) is 2. The first-order valence-electron chi connectivity index (χ1n) is 9.64. The number of nitrogens with zero attached hydrogens (tertiary/aromatic N) is 1. The van der Waals surface area contributed by atoms with Crippen molar-refractivity contribution < 1.29 is 28.7 Å². The quantitative estimate of drug-likeness (QED) is 0.464. The lowest BCUT2D eigenvalue weighted by atomic mass is 10.1. The molecule has 1 unspecified atom stereocenters. The molecule has 4 rings (SSSR count). The van der Waals surface area contributed by atoms with Crippen LogP contribution < -0.4 is 10.1 Å². The molecule has 0 aromatic heterocycles. The van der Waals surface area contributed by atoms with E-state index in [4.69, 9.17) is 9.47 Å². The summed E-state index contributed by atoms with van der Waals surface area (Å²) in [4.78, 5) is 50.3. The highest BCUT2D eigenvalue weighted by Crippen LogP contribution is 2.26. The summed E-state index contributed by atoms with van der Waals surface area (Å²) in [5, 5.41) is 2.70. The first-order valence-corrected chi connectivity index (χ1v) is 9.64. The maximum absolute atomic E-state index is 12.7. The molecular weight excluding hydrogens is 388 g/mol. The molecule has 2 aromatic carbocycles. The van der Waals surface area contributed by atoms with E-state index in [0.717, 1.165) is 12.8 Å². The zero-order valence-electron chi connectivity index (χ0n) is 16.3. The molecule has 8 nitrogen and oxygen atoms in total. The van der Waals surface area contributed by atoms with Crippen LogP contribution in [0.15, 0.2) is 42.5 Å². The zero-order valence-corrected chi connectivity index (χ0v) is 16.3. The molecule has 8 heteroatoms. The van der Waals surface area contributed by atoms with Crippen molar-refractivity contribution in [2.24, 2.45) is 0 Å². The Morgan fingerprint density at radius 2 is 1.93 bits per heavy atom. The van der Waals surface area contributed by atoms with Gasteiger partial charge < -0.3 is 14.8 Å². The van der Waals surface area contributed by atoms with Crippen molar-refractivity contribution >= 4 is 29.4 Å². The summed E-state index contributed by atoms with van der Waals surface area (Å²) in [6.07, 6.45) is 1.59. The minimum Gasteiger partial charge on any atom is -0.427 e. The molecule has 0 radical (unpaired) electrons. The number of benzene rings is 2. The number of carbonyl (C=O) groups excluding carboxylic acids is 4. The number of nitrogens with one attached hydrogen (secondary N) is 1. The van der Waals surface area contributed by atoms with Crippen LogP contribution in [0, 0.1) is 0 Å². The average Bonchev–Trinajstić information content (AvgIpc) is 3.31. The summed E-state index contributed by atoms with van der Waals surface area (Å²) in [7, 11) is 0. The number of imide groups is 1. The van der Waals surface area contributed by atoms with Gasteiger partial charge in [0, 0.05) is 30.8 Å². The molecule has 1 saturated heterocycles. The SMILES string of the molecule is CC(=O)Oc1cccc(NC(=O)c2ccc3c(c2)C(=O)N(CC2CCCO2)C3=O)c1. The smallest absolute Gasteiger partial charge is 0.308 e. The number of hydrogen-bond acceptors (Lipinski definition) is 6. The Labute approximate surface area is 172 Å². The fourth-order valence-corrected chi connectivity index (χ4v) is 3.60. The Kier molecular flexibility index (Phi) is 5.33. The Bertz CT molecular complexity index is 1040. The summed E-state index contributed by atoms with van der Waals surface area (Å²) >= 11 is 0. The zero-order chi connectivity index (χ0) is 21.3. The largest absolute Gasteiger partial charge is 0.427 e. The highest BCUT2D eigenvalue weighted by atomic mass is 16.5. The third-order valence-corrected chi connectivity index (χ3v) is 5.00. The standard InChI is InChI=1S/C22H20N2O6/c1-13(25)30-16-5-2-4-15(11-16)23-20(26)14-7-8-18-19(10-14)22(28)24(21(18)27)12-17-6-3-9-29-17/h2,4-5,7-8,10-11,17H,3,6,9,12H2,1H3,(H,23,26). The second-order valence-corrected chi connectivity index (χ2v) is 7.19. The number of carbonyl (C=O) groups is 4. The van der Waals surface area contributed by atoms with Crippen LogP contribution in [-0.2, 0) is 9.53 Å². The Morgan fingerprint density at radius 3 is 2.67 bits per heavy atom. The van der Waals surface area contributed by atoms with Gasteiger partial charge in [0.25, 0.3) is 17.7 Å². The van der Waals surface area contributed by atoms with Gasteiger partial charge in [-0.1, -0.05) is 6.07 Å². The Morgan fingerprint density at radius 1 is 1.13 bits per heavy atom. The maximum Gasteiger partial charge on any atom is 0.308 e. The van der Waals surface area contributed by atoms with E-state index < -0.39 is 17.8 Å². The number of rotatable bonds is 5. The van der Waals surface area contributed by atoms with Crippen LogP contribution in [0.3, 0.4) is 0 Å². The predicted molar refractivity (Wildman–Crippen MR) is 106 cm³/mol. The Hall–Kier alpha value is -3.52. The van der Waals surface area contributed by atoms with Crippen molar-refractivity contribution in [2.75, 3.05) is 18.5 Å². The first kappa shape index (κ1) is 19.8. The summed E-state index contributed by atoms with van der Waals surface area (Å²) in [5.74, 6) is -1.40. The summed E-state index contributed by atoms with van der Waals surface area (Å²) in [5.41, 5.74) is 1.17. The van der Waals surface area contributed by atoms with Gasteiger partial charge in [-0.2, -0.15) is 0 Å². The molecule has 2 heterocycles.